The van der Waals surface area contributed by atoms with Crippen molar-refractivity contribution in [2.75, 3.05) is 26.7 Å². The summed E-state index contributed by atoms with van der Waals surface area (Å²) in [4.78, 5) is 2.67. The molecule has 3 heteroatoms. The quantitative estimate of drug-likeness (QED) is 0.789. The van der Waals surface area contributed by atoms with Crippen molar-refractivity contribution in [1.29, 1.82) is 0 Å². The normalized spacial score (nSPS) is 39.4. The number of rotatable bonds is 3. The zero-order valence-electron chi connectivity index (χ0n) is 11.1. The van der Waals surface area contributed by atoms with Crippen molar-refractivity contribution in [1.82, 2.24) is 10.2 Å². The van der Waals surface area contributed by atoms with Crippen LogP contribution in [-0.2, 0) is 4.74 Å². The molecule has 1 aliphatic carbocycles. The summed E-state index contributed by atoms with van der Waals surface area (Å²) in [5.74, 6) is 0. The molecule has 3 atom stereocenters. The Balaban J connectivity index is 1.94. The first-order chi connectivity index (χ1) is 7.59. The number of piperazine rings is 1. The Kier molecular flexibility index (Phi) is 3.57. The van der Waals surface area contributed by atoms with Crippen molar-refractivity contribution in [2.24, 2.45) is 5.41 Å². The molecule has 1 aliphatic heterocycles. The van der Waals surface area contributed by atoms with Gasteiger partial charge in [-0.25, -0.2) is 0 Å². The second-order valence-corrected chi connectivity index (χ2v) is 5.85. The maximum atomic E-state index is 5.53. The first kappa shape index (κ1) is 12.3. The summed E-state index contributed by atoms with van der Waals surface area (Å²) >= 11 is 0. The van der Waals surface area contributed by atoms with E-state index in [1.54, 1.807) is 0 Å². The Morgan fingerprint density at radius 2 is 2.19 bits per heavy atom. The van der Waals surface area contributed by atoms with Crippen LogP contribution in [0.2, 0.25) is 0 Å². The average molecular weight is 226 g/mol. The van der Waals surface area contributed by atoms with Gasteiger partial charge in [-0.3, -0.25) is 4.90 Å². The number of methoxy groups -OCH3 is 1. The van der Waals surface area contributed by atoms with Crippen LogP contribution in [0.1, 0.15) is 33.6 Å². The summed E-state index contributed by atoms with van der Waals surface area (Å²) in [6.45, 7) is 10.5. The van der Waals surface area contributed by atoms with E-state index in [9.17, 15) is 0 Å². The van der Waals surface area contributed by atoms with Gasteiger partial charge in [-0.05, 0) is 12.8 Å². The van der Waals surface area contributed by atoms with E-state index < -0.39 is 0 Å². The van der Waals surface area contributed by atoms with E-state index >= 15 is 0 Å². The van der Waals surface area contributed by atoms with Gasteiger partial charge in [0.1, 0.15) is 0 Å². The van der Waals surface area contributed by atoms with Crippen LogP contribution in [-0.4, -0.2) is 49.8 Å². The van der Waals surface area contributed by atoms with Gasteiger partial charge in [-0.15, -0.1) is 0 Å². The van der Waals surface area contributed by atoms with Gasteiger partial charge in [0.2, 0.25) is 0 Å². The smallest absolute Gasteiger partial charge is 0.0652 e. The maximum Gasteiger partial charge on any atom is 0.0652 e. The van der Waals surface area contributed by atoms with E-state index in [1.165, 1.54) is 25.9 Å². The molecule has 3 nitrogen and oxygen atoms in total. The lowest BCUT2D eigenvalue weighted by Crippen LogP contribution is -2.66. The van der Waals surface area contributed by atoms with Gasteiger partial charge in [0, 0.05) is 44.2 Å². The lowest BCUT2D eigenvalue weighted by molar-refractivity contribution is -0.142. The van der Waals surface area contributed by atoms with Crippen LogP contribution in [0.4, 0.5) is 0 Å². The number of nitrogens with zero attached hydrogens (tertiary/aromatic N) is 1. The Labute approximate surface area is 99.5 Å². The molecule has 0 aromatic carbocycles. The molecule has 0 radical (unpaired) electrons. The highest BCUT2D eigenvalue weighted by Crippen LogP contribution is 2.45. The minimum atomic E-state index is 0.324. The zero-order chi connectivity index (χ0) is 11.8. The Hall–Kier alpha value is -0.120. The molecule has 94 valence electrons. The first-order valence-corrected chi connectivity index (χ1v) is 6.59. The lowest BCUT2D eigenvalue weighted by Gasteiger charge is -2.57. The van der Waals surface area contributed by atoms with Crippen molar-refractivity contribution < 1.29 is 4.74 Å². The summed E-state index contributed by atoms with van der Waals surface area (Å²) in [6, 6.07) is 1.40. The van der Waals surface area contributed by atoms with Crippen LogP contribution in [0.25, 0.3) is 0 Å². The molecule has 3 unspecified atom stereocenters. The molecule has 2 aliphatic rings. The molecule has 0 bridgehead atoms. The van der Waals surface area contributed by atoms with Crippen LogP contribution in [0.3, 0.4) is 0 Å². The van der Waals surface area contributed by atoms with Crippen LogP contribution in [0.15, 0.2) is 0 Å². The molecule has 2 fully saturated rings. The van der Waals surface area contributed by atoms with Crippen LogP contribution in [0.5, 0.6) is 0 Å². The van der Waals surface area contributed by atoms with E-state index in [0.717, 1.165) is 6.54 Å². The molecule has 0 spiro atoms. The third-order valence-electron chi connectivity index (χ3n) is 4.63. The van der Waals surface area contributed by atoms with Gasteiger partial charge in [-0.1, -0.05) is 20.8 Å². The molecule has 1 heterocycles. The summed E-state index contributed by atoms with van der Waals surface area (Å²) in [5.41, 5.74) is 0.324. The third kappa shape index (κ3) is 2.01. The monoisotopic (exact) mass is 226 g/mol. The van der Waals surface area contributed by atoms with Gasteiger partial charge >= 0.3 is 0 Å². The van der Waals surface area contributed by atoms with Crippen LogP contribution >= 0.6 is 0 Å². The van der Waals surface area contributed by atoms with Crippen molar-refractivity contribution in [3.63, 3.8) is 0 Å². The molecular weight excluding hydrogens is 200 g/mol. The molecule has 0 aromatic rings. The molecule has 1 N–H and O–H groups in total. The summed E-state index contributed by atoms with van der Waals surface area (Å²) < 4.78 is 5.53. The predicted molar refractivity (Wildman–Crippen MR) is 66.6 cm³/mol. The molecule has 2 rings (SSSR count). The second-order valence-electron chi connectivity index (χ2n) is 5.85. The van der Waals surface area contributed by atoms with Crippen molar-refractivity contribution in [2.45, 2.75) is 51.8 Å². The van der Waals surface area contributed by atoms with Gasteiger partial charge in [0.05, 0.1) is 6.10 Å². The molecule has 16 heavy (non-hydrogen) atoms. The largest absolute Gasteiger partial charge is 0.381 e. The maximum absolute atomic E-state index is 5.53. The summed E-state index contributed by atoms with van der Waals surface area (Å²) in [6.07, 6.45) is 2.89. The fourth-order valence-corrected chi connectivity index (χ4v) is 3.29. The highest BCUT2D eigenvalue weighted by molar-refractivity contribution is 5.04. The standard InChI is InChI=1S/C13H26N2O/c1-5-10-9-15(7-6-14-10)11-8-12(16-4)13(11,2)3/h10-12,14H,5-9H2,1-4H3. The van der Waals surface area contributed by atoms with Gasteiger partial charge in [0.15, 0.2) is 0 Å². The van der Waals surface area contributed by atoms with Gasteiger partial charge in [-0.2, -0.15) is 0 Å². The van der Waals surface area contributed by atoms with Gasteiger partial charge in [0.25, 0.3) is 0 Å². The van der Waals surface area contributed by atoms with Crippen LogP contribution in [0, 0.1) is 5.41 Å². The number of hydrogen-bond donors (Lipinski definition) is 1. The molecule has 1 saturated carbocycles. The molecular formula is C13H26N2O. The van der Waals surface area contributed by atoms with Crippen LogP contribution < -0.4 is 5.32 Å². The highest BCUT2D eigenvalue weighted by Gasteiger charge is 2.51. The second kappa shape index (κ2) is 4.63. The van der Waals surface area contributed by atoms with Gasteiger partial charge < -0.3 is 10.1 Å². The summed E-state index contributed by atoms with van der Waals surface area (Å²) in [5, 5.41) is 3.58. The fourth-order valence-electron chi connectivity index (χ4n) is 3.29. The number of hydrogen-bond acceptors (Lipinski definition) is 3. The summed E-state index contributed by atoms with van der Waals surface area (Å²) in [7, 11) is 1.84. The minimum absolute atomic E-state index is 0.324. The minimum Gasteiger partial charge on any atom is -0.381 e. The Bertz CT molecular complexity index is 242. The molecule has 0 amide bonds. The van der Waals surface area contributed by atoms with E-state index in [1.807, 2.05) is 7.11 Å². The highest BCUT2D eigenvalue weighted by atomic mass is 16.5. The number of nitrogens with one attached hydrogen (secondary N) is 1. The fraction of sp³-hybridized carbons (Fsp3) is 1.00. The van der Waals surface area contributed by atoms with Crippen molar-refractivity contribution in [3.8, 4) is 0 Å². The molecule has 1 saturated heterocycles. The Morgan fingerprint density at radius 3 is 2.75 bits per heavy atom. The van der Waals surface area contributed by atoms with Crippen molar-refractivity contribution in [3.05, 3.63) is 0 Å². The lowest BCUT2D eigenvalue weighted by atomic mass is 9.63. The first-order valence-electron chi connectivity index (χ1n) is 6.59. The van der Waals surface area contributed by atoms with E-state index in [2.05, 4.69) is 31.0 Å². The topological polar surface area (TPSA) is 24.5 Å². The number of ether oxygens (including phenoxy) is 1. The molecule has 0 aromatic heterocycles. The van der Waals surface area contributed by atoms with Crippen molar-refractivity contribution >= 4 is 0 Å². The third-order valence-corrected chi connectivity index (χ3v) is 4.63. The zero-order valence-corrected chi connectivity index (χ0v) is 11.1. The SMILES string of the molecule is CCC1CN(C2CC(OC)C2(C)C)CCN1. The average Bonchev–Trinajstić information content (AvgIpc) is 2.28. The predicted octanol–water partition coefficient (Wildman–Crippen LogP) is 1.48. The Morgan fingerprint density at radius 1 is 1.44 bits per heavy atom. The van der Waals surface area contributed by atoms with E-state index in [4.69, 9.17) is 4.74 Å². The van der Waals surface area contributed by atoms with E-state index in [0.29, 0.717) is 23.6 Å². The van der Waals surface area contributed by atoms with E-state index in [-0.39, 0.29) is 0 Å².